The number of hydrogen-bond acceptors (Lipinski definition) is 5. The van der Waals surface area contributed by atoms with Crippen LogP contribution in [0.25, 0.3) is 0 Å². The lowest BCUT2D eigenvalue weighted by Crippen LogP contribution is -2.48. The maximum Gasteiger partial charge on any atom is 0.231 e. The summed E-state index contributed by atoms with van der Waals surface area (Å²) in [7, 11) is 3.51. The van der Waals surface area contributed by atoms with E-state index in [1.54, 1.807) is 14.2 Å². The number of nitrogens with zero attached hydrogens (tertiary/aromatic N) is 1. The predicted molar refractivity (Wildman–Crippen MR) is 120 cm³/mol. The second-order valence-corrected chi connectivity index (χ2v) is 7.88. The van der Waals surface area contributed by atoms with Crippen molar-refractivity contribution in [3.05, 3.63) is 53.6 Å². The molecule has 2 aliphatic heterocycles. The number of nitrogens with one attached hydrogen (secondary N) is 2. The van der Waals surface area contributed by atoms with Crippen molar-refractivity contribution in [2.45, 2.75) is 24.7 Å². The SMILES string of the molecule is CN=C(NCCc1ccccc1OC)NCC1(c2ccc3c(c2)OCO3)CCOCC1. The van der Waals surface area contributed by atoms with E-state index in [-0.39, 0.29) is 12.2 Å². The summed E-state index contributed by atoms with van der Waals surface area (Å²) in [5.74, 6) is 3.34. The number of fused-ring (bicyclic) bond motifs is 1. The molecule has 2 aromatic rings. The van der Waals surface area contributed by atoms with Gasteiger partial charge in [-0.05, 0) is 48.6 Å². The lowest BCUT2D eigenvalue weighted by atomic mass is 9.74. The lowest BCUT2D eigenvalue weighted by Gasteiger charge is -2.38. The smallest absolute Gasteiger partial charge is 0.231 e. The van der Waals surface area contributed by atoms with Crippen molar-refractivity contribution >= 4 is 5.96 Å². The van der Waals surface area contributed by atoms with Crippen LogP contribution in [0.15, 0.2) is 47.5 Å². The molecule has 0 amide bonds. The molecule has 0 aliphatic carbocycles. The Hall–Kier alpha value is -2.93. The number of hydrogen-bond donors (Lipinski definition) is 2. The van der Waals surface area contributed by atoms with Gasteiger partial charge in [-0.25, -0.2) is 0 Å². The number of ether oxygens (including phenoxy) is 4. The van der Waals surface area contributed by atoms with Gasteiger partial charge < -0.3 is 29.6 Å². The molecule has 1 saturated heterocycles. The molecular weight excluding hydrogens is 394 g/mol. The fourth-order valence-electron chi connectivity index (χ4n) is 4.25. The predicted octanol–water partition coefficient (Wildman–Crippen LogP) is 2.88. The Morgan fingerprint density at radius 2 is 1.87 bits per heavy atom. The van der Waals surface area contributed by atoms with Crippen molar-refractivity contribution < 1.29 is 18.9 Å². The maximum atomic E-state index is 5.67. The minimum absolute atomic E-state index is 0.0422. The first-order valence-electron chi connectivity index (χ1n) is 10.8. The summed E-state index contributed by atoms with van der Waals surface area (Å²) in [5, 5.41) is 6.97. The minimum atomic E-state index is -0.0422. The van der Waals surface area contributed by atoms with E-state index in [9.17, 15) is 0 Å². The van der Waals surface area contributed by atoms with Gasteiger partial charge >= 0.3 is 0 Å². The van der Waals surface area contributed by atoms with Gasteiger partial charge in [-0.1, -0.05) is 24.3 Å². The molecule has 0 spiro atoms. The monoisotopic (exact) mass is 425 g/mol. The molecule has 4 rings (SSSR count). The van der Waals surface area contributed by atoms with Gasteiger partial charge in [-0.2, -0.15) is 0 Å². The van der Waals surface area contributed by atoms with E-state index in [0.717, 1.165) is 68.8 Å². The zero-order valence-corrected chi connectivity index (χ0v) is 18.3. The van der Waals surface area contributed by atoms with Crippen LogP contribution in [0.5, 0.6) is 17.2 Å². The van der Waals surface area contributed by atoms with E-state index < -0.39 is 0 Å². The number of para-hydroxylation sites is 1. The Morgan fingerprint density at radius 3 is 2.68 bits per heavy atom. The van der Waals surface area contributed by atoms with Crippen molar-refractivity contribution in [2.24, 2.45) is 4.99 Å². The fourth-order valence-corrected chi connectivity index (χ4v) is 4.25. The summed E-state index contributed by atoms with van der Waals surface area (Å²) in [4.78, 5) is 4.42. The van der Waals surface area contributed by atoms with Gasteiger partial charge in [0.25, 0.3) is 0 Å². The van der Waals surface area contributed by atoms with Crippen molar-refractivity contribution in [2.75, 3.05) is 47.3 Å². The van der Waals surface area contributed by atoms with Crippen LogP contribution in [-0.2, 0) is 16.6 Å². The lowest BCUT2D eigenvalue weighted by molar-refractivity contribution is 0.0513. The second kappa shape index (κ2) is 9.92. The number of methoxy groups -OCH3 is 1. The summed E-state index contributed by atoms with van der Waals surface area (Å²) >= 11 is 0. The molecule has 1 fully saturated rings. The van der Waals surface area contributed by atoms with Gasteiger partial charge in [-0.15, -0.1) is 0 Å². The van der Waals surface area contributed by atoms with E-state index >= 15 is 0 Å². The average Bonchev–Trinajstić information content (AvgIpc) is 3.30. The fraction of sp³-hybridized carbons (Fsp3) is 0.458. The summed E-state index contributed by atoms with van der Waals surface area (Å²) in [6.45, 7) is 3.31. The highest BCUT2D eigenvalue weighted by atomic mass is 16.7. The Labute approximate surface area is 183 Å². The van der Waals surface area contributed by atoms with Crippen LogP contribution in [-0.4, -0.2) is 53.2 Å². The van der Waals surface area contributed by atoms with Gasteiger partial charge in [0.05, 0.1) is 7.11 Å². The molecule has 7 heteroatoms. The quantitative estimate of drug-likeness (QED) is 0.525. The van der Waals surface area contributed by atoms with Crippen LogP contribution in [0.3, 0.4) is 0 Å². The van der Waals surface area contributed by atoms with Gasteiger partial charge in [0.1, 0.15) is 5.75 Å². The molecule has 0 saturated carbocycles. The molecule has 2 N–H and O–H groups in total. The molecule has 31 heavy (non-hydrogen) atoms. The summed E-state index contributed by atoms with van der Waals surface area (Å²) < 4.78 is 22.2. The van der Waals surface area contributed by atoms with Crippen LogP contribution >= 0.6 is 0 Å². The Bertz CT molecular complexity index is 909. The molecule has 0 aromatic heterocycles. The molecule has 166 valence electrons. The van der Waals surface area contributed by atoms with E-state index in [4.69, 9.17) is 18.9 Å². The van der Waals surface area contributed by atoms with E-state index in [1.165, 1.54) is 11.1 Å². The summed E-state index contributed by atoms with van der Waals surface area (Å²) in [5.41, 5.74) is 2.38. The third-order valence-corrected chi connectivity index (χ3v) is 6.13. The number of rotatable bonds is 7. The van der Waals surface area contributed by atoms with Gasteiger partial charge in [0, 0.05) is 38.8 Å². The highest BCUT2D eigenvalue weighted by Gasteiger charge is 2.35. The Morgan fingerprint density at radius 1 is 1.06 bits per heavy atom. The van der Waals surface area contributed by atoms with E-state index in [2.05, 4.69) is 33.8 Å². The standard InChI is InChI=1S/C24H31N3O4/c1-25-23(26-12-9-18-5-3-4-6-20(18)28-2)27-16-24(10-13-29-14-11-24)19-7-8-21-22(15-19)31-17-30-21/h3-8,15H,9-14,16-17H2,1-2H3,(H2,25,26,27). The van der Waals surface area contributed by atoms with Crippen molar-refractivity contribution in [3.63, 3.8) is 0 Å². The third kappa shape index (κ3) is 4.88. The van der Waals surface area contributed by atoms with Gasteiger partial charge in [-0.3, -0.25) is 4.99 Å². The van der Waals surface area contributed by atoms with Crippen LogP contribution in [0.4, 0.5) is 0 Å². The van der Waals surface area contributed by atoms with Crippen molar-refractivity contribution in [3.8, 4) is 17.2 Å². The number of benzene rings is 2. The second-order valence-electron chi connectivity index (χ2n) is 7.88. The van der Waals surface area contributed by atoms with Crippen LogP contribution in [0.2, 0.25) is 0 Å². The van der Waals surface area contributed by atoms with Gasteiger partial charge in [0.2, 0.25) is 6.79 Å². The topological polar surface area (TPSA) is 73.3 Å². The Kier molecular flexibility index (Phi) is 6.82. The molecule has 2 aliphatic rings. The highest BCUT2D eigenvalue weighted by molar-refractivity contribution is 5.79. The molecule has 2 heterocycles. The first-order valence-corrected chi connectivity index (χ1v) is 10.8. The molecule has 0 bridgehead atoms. The molecule has 2 aromatic carbocycles. The molecular formula is C24H31N3O4. The first-order chi connectivity index (χ1) is 15.2. The van der Waals surface area contributed by atoms with Crippen LogP contribution < -0.4 is 24.8 Å². The molecule has 0 atom stereocenters. The summed E-state index contributed by atoms with van der Waals surface area (Å²) in [6, 6.07) is 14.4. The highest BCUT2D eigenvalue weighted by Crippen LogP contribution is 2.40. The normalized spacial score (nSPS) is 17.3. The zero-order chi connectivity index (χ0) is 21.5. The summed E-state index contributed by atoms with van der Waals surface area (Å²) in [6.07, 6.45) is 2.74. The molecule has 0 radical (unpaired) electrons. The largest absolute Gasteiger partial charge is 0.496 e. The molecule has 7 nitrogen and oxygen atoms in total. The number of aliphatic imine (C=N–C) groups is 1. The number of guanidine groups is 1. The Balaban J connectivity index is 1.39. The van der Waals surface area contributed by atoms with Crippen LogP contribution in [0, 0.1) is 0 Å². The maximum absolute atomic E-state index is 5.67. The zero-order valence-electron chi connectivity index (χ0n) is 18.3. The van der Waals surface area contributed by atoms with Crippen molar-refractivity contribution in [1.29, 1.82) is 0 Å². The van der Waals surface area contributed by atoms with E-state index in [1.807, 2.05) is 24.3 Å². The van der Waals surface area contributed by atoms with Crippen molar-refractivity contribution in [1.82, 2.24) is 10.6 Å². The first kappa shape index (κ1) is 21.3. The third-order valence-electron chi connectivity index (χ3n) is 6.13. The van der Waals surface area contributed by atoms with Gasteiger partial charge in [0.15, 0.2) is 17.5 Å². The molecule has 0 unspecified atom stereocenters. The minimum Gasteiger partial charge on any atom is -0.496 e. The van der Waals surface area contributed by atoms with Crippen LogP contribution in [0.1, 0.15) is 24.0 Å². The average molecular weight is 426 g/mol. The van der Waals surface area contributed by atoms with E-state index in [0.29, 0.717) is 0 Å².